The first kappa shape index (κ1) is 84.4. The minimum Gasteiger partial charge on any atom is -0.508 e. The predicted molar refractivity (Wildman–Crippen MR) is 585 cm³/mol. The van der Waals surface area contributed by atoms with Gasteiger partial charge in [0.1, 0.15) is 28.7 Å². The van der Waals surface area contributed by atoms with Crippen LogP contribution in [0.2, 0.25) is 0 Å². The lowest BCUT2D eigenvalue weighted by Crippen LogP contribution is -2.10. The number of hydrogen-bond acceptors (Lipinski definition) is 6. The summed E-state index contributed by atoms with van der Waals surface area (Å²) in [4.78, 5) is 6.76. The second-order valence-electron chi connectivity index (χ2n) is 34.4. The second-order valence-corrected chi connectivity index (χ2v) is 36.3. The van der Waals surface area contributed by atoms with Crippen molar-refractivity contribution in [2.75, 3.05) is 14.7 Å². The molecule has 0 saturated heterocycles. The van der Waals surface area contributed by atoms with Crippen molar-refractivity contribution >= 4 is 192 Å². The summed E-state index contributed by atoms with van der Waals surface area (Å²) in [5.41, 5.74) is 25.2. The van der Waals surface area contributed by atoms with Gasteiger partial charge in [-0.15, -0.1) is 0 Å². The van der Waals surface area contributed by atoms with Crippen LogP contribution in [-0.4, -0.2) is 27.9 Å². The highest BCUT2D eigenvalue weighted by Crippen LogP contribution is 2.48. The minimum atomic E-state index is 0.223. The molecule has 26 rings (SSSR count). The molecule has 139 heavy (non-hydrogen) atoms. The summed E-state index contributed by atoms with van der Waals surface area (Å²) in [5.74, 6) is 3.03. The number of rotatable bonds is 18. The van der Waals surface area contributed by atoms with Crippen LogP contribution in [0.5, 0.6) is 28.7 Å². The first-order valence-corrected chi connectivity index (χ1v) is 48.0. The molecule has 0 fully saturated rings. The zero-order valence-corrected chi connectivity index (χ0v) is 78.3. The SMILES string of the molecule is Brc1ccc2c3ccc(Br)cc3n(-c3ccccc3)c2c1.Oc1cc(N(c2ccccc2)c2ccccc2)cc(-n2c3ccccc3c3ccccc32)c1.c1ccc(N(c2ccccc2)c2cc(Oc3ccc4c5ccc(Oc6cc(N(c7ccccc7)c7ccccc7)cc(-n7c8ccccc8c8ccccc87)c6)cc5n(-c5ccccc5)c4c3)cc(-n3c4ccccc4c4ccccc43)c2)cc1. The largest absolute Gasteiger partial charge is 0.508 e. The first-order valence-electron chi connectivity index (χ1n) is 46.4. The zero-order chi connectivity index (χ0) is 92.8. The number of anilines is 9. The highest BCUT2D eigenvalue weighted by Gasteiger charge is 2.26. The minimum absolute atomic E-state index is 0.223. The van der Waals surface area contributed by atoms with Gasteiger partial charge in [0.25, 0.3) is 0 Å². The Bertz CT molecular complexity index is 8430. The Morgan fingerprint density at radius 3 is 0.655 bits per heavy atom. The van der Waals surface area contributed by atoms with E-state index in [1.54, 1.807) is 0 Å². The number of para-hydroxylation sites is 14. The van der Waals surface area contributed by atoms with Crippen LogP contribution in [0.25, 0.3) is 137 Å². The Hall–Kier alpha value is -17.6. The average molecular weight is 1920 g/mol. The number of ether oxygens (including phenoxy) is 2. The topological polar surface area (TPSA) is 73.1 Å². The lowest BCUT2D eigenvalue weighted by Gasteiger charge is -2.27. The summed E-state index contributed by atoms with van der Waals surface area (Å²) < 4.78 is 28.2. The van der Waals surface area contributed by atoms with Crippen LogP contribution in [0, 0.1) is 0 Å². The van der Waals surface area contributed by atoms with Crippen LogP contribution in [0.1, 0.15) is 0 Å². The lowest BCUT2D eigenvalue weighted by molar-refractivity contribution is 0.475. The lowest BCUT2D eigenvalue weighted by atomic mass is 10.1. The average Bonchev–Trinajstić information content (AvgIpc) is 1.59. The Balaban J connectivity index is 0.000000156. The molecule has 0 amide bonds. The number of phenolic OH excluding ortho intramolecular Hbond substituents is 1. The van der Waals surface area contributed by atoms with Gasteiger partial charge in [0.2, 0.25) is 0 Å². The molecule has 1 N–H and O–H groups in total. The van der Waals surface area contributed by atoms with E-state index in [4.69, 9.17) is 9.47 Å². The Morgan fingerprint density at radius 2 is 0.374 bits per heavy atom. The van der Waals surface area contributed by atoms with Crippen LogP contribution in [0.15, 0.2) is 525 Å². The fourth-order valence-corrected chi connectivity index (χ4v) is 20.8. The maximum absolute atomic E-state index is 10.8. The van der Waals surface area contributed by atoms with Crippen LogP contribution in [0.3, 0.4) is 0 Å². The van der Waals surface area contributed by atoms with Crippen molar-refractivity contribution in [1.82, 2.24) is 22.8 Å². The number of phenols is 1. The van der Waals surface area contributed by atoms with Crippen molar-refractivity contribution in [3.05, 3.63) is 525 Å². The van der Waals surface area contributed by atoms with Gasteiger partial charge in [-0.3, -0.25) is 0 Å². The number of nitrogens with zero attached hydrogens (tertiary/aromatic N) is 8. The van der Waals surface area contributed by atoms with E-state index in [-0.39, 0.29) is 5.75 Å². The number of aromatic nitrogens is 5. The van der Waals surface area contributed by atoms with E-state index in [9.17, 15) is 5.11 Å². The van der Waals surface area contributed by atoms with Gasteiger partial charge in [0, 0.05) is 157 Å². The summed E-state index contributed by atoms with van der Waals surface area (Å²) in [6, 6.07) is 180. The third-order valence-corrected chi connectivity index (χ3v) is 26.9. The van der Waals surface area contributed by atoms with Crippen molar-refractivity contribution in [2.45, 2.75) is 0 Å². The molecule has 0 aliphatic rings. The van der Waals surface area contributed by atoms with Crippen LogP contribution >= 0.6 is 31.9 Å². The Morgan fingerprint density at radius 1 is 0.158 bits per heavy atom. The second kappa shape index (κ2) is 36.6. The normalized spacial score (nSPS) is 11.4. The van der Waals surface area contributed by atoms with Gasteiger partial charge in [-0.2, -0.15) is 0 Å². The molecule has 11 nitrogen and oxygen atoms in total. The molecule has 0 spiro atoms. The molecule has 13 heteroatoms. The number of hydrogen-bond donors (Lipinski definition) is 1. The van der Waals surface area contributed by atoms with E-state index < -0.39 is 0 Å². The van der Waals surface area contributed by atoms with E-state index in [0.717, 1.165) is 138 Å². The summed E-state index contributed by atoms with van der Waals surface area (Å²) in [7, 11) is 0. The molecule has 5 aromatic heterocycles. The molecular weight excluding hydrogens is 1830 g/mol. The monoisotopic (exact) mass is 1920 g/mol. The van der Waals surface area contributed by atoms with Crippen LogP contribution in [0.4, 0.5) is 51.2 Å². The maximum Gasteiger partial charge on any atom is 0.131 e. The van der Waals surface area contributed by atoms with Crippen LogP contribution < -0.4 is 24.2 Å². The summed E-state index contributed by atoms with van der Waals surface area (Å²) in [6.45, 7) is 0. The van der Waals surface area contributed by atoms with Gasteiger partial charge in [0.15, 0.2) is 0 Å². The maximum atomic E-state index is 10.8. The molecule has 0 aliphatic carbocycles. The van der Waals surface area contributed by atoms with Crippen molar-refractivity contribution in [1.29, 1.82) is 0 Å². The van der Waals surface area contributed by atoms with Crippen molar-refractivity contribution in [3.8, 4) is 57.2 Å². The molecule has 5 heterocycles. The quantitative estimate of drug-likeness (QED) is 0.0923. The highest BCUT2D eigenvalue weighted by atomic mass is 79.9. The molecule has 0 unspecified atom stereocenters. The third kappa shape index (κ3) is 16.0. The van der Waals surface area contributed by atoms with E-state index in [0.29, 0.717) is 23.0 Å². The molecule has 0 atom stereocenters. The molecule has 21 aromatic carbocycles. The molecule has 0 aliphatic heterocycles. The van der Waals surface area contributed by atoms with Gasteiger partial charge in [-0.1, -0.05) is 299 Å². The van der Waals surface area contributed by atoms with Gasteiger partial charge in [0.05, 0.1) is 89.3 Å². The number of fused-ring (bicyclic) bond motifs is 15. The fraction of sp³-hybridized carbons (Fsp3) is 0. The summed E-state index contributed by atoms with van der Waals surface area (Å²) >= 11 is 7.18. The van der Waals surface area contributed by atoms with E-state index in [1.165, 1.54) is 59.8 Å². The van der Waals surface area contributed by atoms with Gasteiger partial charge < -0.3 is 52.1 Å². The third-order valence-electron chi connectivity index (χ3n) is 25.9. The van der Waals surface area contributed by atoms with Gasteiger partial charge in [-0.05, 0) is 200 Å². The summed E-state index contributed by atoms with van der Waals surface area (Å²) in [5, 5.41) is 22.7. The molecule has 0 radical (unpaired) electrons. The smallest absolute Gasteiger partial charge is 0.131 e. The summed E-state index contributed by atoms with van der Waals surface area (Å²) in [6.07, 6.45) is 0. The number of halogens is 2. The van der Waals surface area contributed by atoms with Gasteiger partial charge >= 0.3 is 0 Å². The molecule has 0 bridgehead atoms. The predicted octanol–water partition coefficient (Wildman–Crippen LogP) is 35.8. The van der Waals surface area contributed by atoms with Crippen molar-refractivity contribution in [3.63, 3.8) is 0 Å². The molecular formula is C126H86Br2N8O3. The van der Waals surface area contributed by atoms with Crippen molar-refractivity contribution < 1.29 is 14.6 Å². The van der Waals surface area contributed by atoms with Crippen molar-refractivity contribution in [2.24, 2.45) is 0 Å². The first-order chi connectivity index (χ1) is 68.7. The Kier molecular flexibility index (Phi) is 22.2. The van der Waals surface area contributed by atoms with E-state index >= 15 is 0 Å². The number of aromatic hydroxyl groups is 1. The van der Waals surface area contributed by atoms with E-state index in [2.05, 4.69) is 530 Å². The standard InChI is InChI=1S/C78H53N5O2.C30H22N2O.C18H11Br2N/c1-6-24-54(25-7-1)79(55-26-8-2-9-27-55)59-46-61(82-73-38-20-16-34-67(73)68-35-17-21-39-74(68)82)50-65(48-59)84-63-42-44-71-72-45-43-64(53-78(72)81(77(71)52-63)58-32-14-5-15-33-58)85-66-49-60(80(56-28-10-3-11-29-56)57-30-12-4-13-31-57)47-62(51-66)83-75-40-22-18-36-69(75)70-37-19-23-41-76(70)83;33-26-20-24(31(22-11-3-1-4-12-22)23-13-5-2-6-14-23)19-25(21-26)32-29-17-9-7-15-27(29)28-16-8-10-18-30(28)32;19-12-6-8-15-16-9-7-13(20)11-18(16)21(17(15)10-12)14-4-2-1-3-5-14/h1-53H;1-21,33H;1-11H. The Labute approximate surface area is 819 Å². The van der Waals surface area contributed by atoms with Gasteiger partial charge in [-0.25, -0.2) is 0 Å². The molecule has 0 saturated carbocycles. The number of benzene rings is 21. The highest BCUT2D eigenvalue weighted by molar-refractivity contribution is 9.10. The van der Waals surface area contributed by atoms with E-state index in [1.807, 2.05) is 54.6 Å². The fourth-order valence-electron chi connectivity index (χ4n) is 20.1. The van der Waals surface area contributed by atoms with Crippen LogP contribution in [-0.2, 0) is 0 Å². The zero-order valence-electron chi connectivity index (χ0n) is 75.2. The molecule has 662 valence electrons. The molecule has 26 aromatic rings.